The highest BCUT2D eigenvalue weighted by molar-refractivity contribution is 6.01. The molecule has 1 aromatic heterocycles. The maximum absolute atomic E-state index is 14.4. The zero-order valence-corrected chi connectivity index (χ0v) is 24.6. The second-order valence-corrected chi connectivity index (χ2v) is 14.9. The van der Waals surface area contributed by atoms with Gasteiger partial charge in [0, 0.05) is 29.6 Å². The molecule has 3 fully saturated rings. The Labute approximate surface area is 232 Å². The van der Waals surface area contributed by atoms with Gasteiger partial charge < -0.3 is 9.32 Å². The van der Waals surface area contributed by atoms with E-state index in [-0.39, 0.29) is 63.1 Å². The average molecular weight is 530 g/mol. The Bertz CT molecular complexity index is 1350. The highest BCUT2D eigenvalue weighted by atomic mass is 16.5. The second-order valence-electron chi connectivity index (χ2n) is 14.9. The molecule has 0 bridgehead atoms. The molecule has 1 aromatic rings. The molecule has 6 nitrogen and oxygen atoms in total. The van der Waals surface area contributed by atoms with Crippen molar-refractivity contribution in [2.24, 2.45) is 51.2 Å². The third-order valence-corrected chi connectivity index (χ3v) is 12.4. The Kier molecular flexibility index (Phi) is 5.79. The van der Waals surface area contributed by atoms with E-state index in [2.05, 4.69) is 44.6 Å². The van der Waals surface area contributed by atoms with Crippen LogP contribution in [0.4, 0.5) is 0 Å². The van der Waals surface area contributed by atoms with Crippen LogP contribution in [-0.2, 0) is 16.0 Å². The first-order valence-electron chi connectivity index (χ1n) is 15.0. The van der Waals surface area contributed by atoms with Crippen LogP contribution >= 0.6 is 0 Å². The molecular formula is C33H43N3O3. The first kappa shape index (κ1) is 26.7. The van der Waals surface area contributed by atoms with Crippen LogP contribution in [0, 0.1) is 57.8 Å². The van der Waals surface area contributed by atoms with Gasteiger partial charge in [0.05, 0.1) is 6.57 Å². The molecular weight excluding hydrogens is 486 g/mol. The number of rotatable bonds is 2. The number of Topliss-reactive ketones (excluding diaryl/α,β-unsaturated/α-hetero) is 1. The SMILES string of the molecule is [C-]#[N+]C1=C[C@]2(C)C3=CC(=O)[C@@H]4[C@@H]5CC(C)(C)C[C@@H](c6nc(CC)no6)C5CC[C@@]4(C)[C@]3(C)CC[C@H]2[C@H](C)C1=O. The summed E-state index contributed by atoms with van der Waals surface area (Å²) in [7, 11) is 0. The van der Waals surface area contributed by atoms with E-state index in [4.69, 9.17) is 16.1 Å². The molecule has 9 atom stereocenters. The molecule has 6 rings (SSSR count). The van der Waals surface area contributed by atoms with Crippen LogP contribution in [0.1, 0.15) is 105 Å². The van der Waals surface area contributed by atoms with Crippen molar-refractivity contribution in [3.05, 3.63) is 46.6 Å². The van der Waals surface area contributed by atoms with Gasteiger partial charge in [-0.1, -0.05) is 65.3 Å². The summed E-state index contributed by atoms with van der Waals surface area (Å²) in [6, 6.07) is 0. The number of aromatic nitrogens is 2. The first-order valence-corrected chi connectivity index (χ1v) is 15.0. The number of aryl methyl sites for hydroxylation is 1. The largest absolute Gasteiger partial charge is 0.339 e. The quantitative estimate of drug-likeness (QED) is 0.381. The van der Waals surface area contributed by atoms with Crippen molar-refractivity contribution in [2.45, 2.75) is 99.3 Å². The van der Waals surface area contributed by atoms with Crippen molar-refractivity contribution in [3.8, 4) is 0 Å². The smallest absolute Gasteiger partial charge is 0.230 e. The van der Waals surface area contributed by atoms with Crippen molar-refractivity contribution in [1.82, 2.24) is 10.1 Å². The summed E-state index contributed by atoms with van der Waals surface area (Å²) in [4.78, 5) is 35.8. The summed E-state index contributed by atoms with van der Waals surface area (Å²) in [5.41, 5.74) is 0.703. The van der Waals surface area contributed by atoms with Gasteiger partial charge >= 0.3 is 0 Å². The van der Waals surface area contributed by atoms with Crippen LogP contribution in [-0.4, -0.2) is 21.7 Å². The third-order valence-electron chi connectivity index (χ3n) is 12.4. The second kappa shape index (κ2) is 8.48. The van der Waals surface area contributed by atoms with Gasteiger partial charge in [-0.25, -0.2) is 4.85 Å². The number of allylic oxidation sites excluding steroid dienone is 4. The zero-order chi connectivity index (χ0) is 28.1. The van der Waals surface area contributed by atoms with E-state index in [1.54, 1.807) is 0 Å². The molecule has 0 radical (unpaired) electrons. The van der Waals surface area contributed by atoms with Gasteiger partial charge in [-0.2, -0.15) is 4.98 Å². The fourth-order valence-electron chi connectivity index (χ4n) is 10.4. The van der Waals surface area contributed by atoms with Gasteiger partial charge in [0.25, 0.3) is 0 Å². The summed E-state index contributed by atoms with van der Waals surface area (Å²) in [5, 5.41) is 4.23. The normalized spacial score (nSPS) is 44.7. The summed E-state index contributed by atoms with van der Waals surface area (Å²) in [5.74, 6) is 2.42. The van der Waals surface area contributed by atoms with E-state index in [1.807, 2.05) is 26.0 Å². The summed E-state index contributed by atoms with van der Waals surface area (Å²) in [6.07, 6.45) is 10.7. The molecule has 0 saturated heterocycles. The lowest BCUT2D eigenvalue weighted by molar-refractivity contribution is -0.155. The van der Waals surface area contributed by atoms with E-state index in [1.165, 1.54) is 5.57 Å². The lowest BCUT2D eigenvalue weighted by atomic mass is 9.36. The van der Waals surface area contributed by atoms with Crippen molar-refractivity contribution >= 4 is 11.6 Å². The van der Waals surface area contributed by atoms with Crippen molar-refractivity contribution in [2.75, 3.05) is 0 Å². The zero-order valence-electron chi connectivity index (χ0n) is 24.6. The van der Waals surface area contributed by atoms with Crippen LogP contribution in [0.15, 0.2) is 27.9 Å². The molecule has 0 amide bonds. The number of carbonyl (C=O) groups is 2. The number of hydrogen-bond donors (Lipinski definition) is 0. The fraction of sp³-hybridized carbons (Fsp3) is 0.727. The molecule has 0 N–H and O–H groups in total. The van der Waals surface area contributed by atoms with E-state index in [0.717, 1.165) is 56.7 Å². The number of carbonyl (C=O) groups excluding carboxylic acids is 2. The van der Waals surface area contributed by atoms with E-state index in [9.17, 15) is 9.59 Å². The van der Waals surface area contributed by atoms with Crippen molar-refractivity contribution in [1.29, 1.82) is 0 Å². The minimum absolute atomic E-state index is 0.0360. The summed E-state index contributed by atoms with van der Waals surface area (Å²) >= 11 is 0. The van der Waals surface area contributed by atoms with Gasteiger partial charge in [-0.3, -0.25) is 4.79 Å². The third kappa shape index (κ3) is 3.50. The van der Waals surface area contributed by atoms with Crippen LogP contribution in [0.5, 0.6) is 0 Å². The molecule has 1 unspecified atom stereocenters. The van der Waals surface area contributed by atoms with Crippen LogP contribution in [0.3, 0.4) is 0 Å². The predicted molar refractivity (Wildman–Crippen MR) is 148 cm³/mol. The average Bonchev–Trinajstić information content (AvgIpc) is 3.36. The Morgan fingerprint density at radius 1 is 1.08 bits per heavy atom. The maximum atomic E-state index is 14.4. The summed E-state index contributed by atoms with van der Waals surface area (Å²) < 4.78 is 5.83. The van der Waals surface area contributed by atoms with Crippen molar-refractivity contribution in [3.63, 3.8) is 0 Å². The van der Waals surface area contributed by atoms with E-state index in [0.29, 0.717) is 5.92 Å². The minimum Gasteiger partial charge on any atom is -0.339 e. The van der Waals surface area contributed by atoms with E-state index >= 15 is 0 Å². The first-order chi connectivity index (χ1) is 18.3. The van der Waals surface area contributed by atoms with Crippen LogP contribution in [0.2, 0.25) is 0 Å². The topological polar surface area (TPSA) is 77.4 Å². The molecule has 5 aliphatic rings. The predicted octanol–water partition coefficient (Wildman–Crippen LogP) is 7.14. The van der Waals surface area contributed by atoms with Crippen molar-refractivity contribution < 1.29 is 14.1 Å². The Hall–Kier alpha value is -2.55. The molecule has 3 saturated carbocycles. The Balaban J connectivity index is 1.46. The molecule has 0 aliphatic heterocycles. The number of ketones is 2. The molecule has 6 heteroatoms. The molecule has 1 heterocycles. The molecule has 39 heavy (non-hydrogen) atoms. The number of nitrogens with zero attached hydrogens (tertiary/aromatic N) is 3. The fourth-order valence-corrected chi connectivity index (χ4v) is 10.4. The molecule has 208 valence electrons. The Morgan fingerprint density at radius 3 is 2.49 bits per heavy atom. The highest BCUT2D eigenvalue weighted by Crippen LogP contribution is 2.72. The van der Waals surface area contributed by atoms with Crippen LogP contribution in [0.25, 0.3) is 4.85 Å². The van der Waals surface area contributed by atoms with E-state index < -0.39 is 5.41 Å². The number of fused-ring (bicyclic) bond motifs is 7. The van der Waals surface area contributed by atoms with Gasteiger partial charge in [0.2, 0.25) is 11.6 Å². The van der Waals surface area contributed by atoms with Gasteiger partial charge in [-0.05, 0) is 78.6 Å². The lowest BCUT2D eigenvalue weighted by Gasteiger charge is -2.67. The van der Waals surface area contributed by atoms with Gasteiger partial charge in [0.1, 0.15) is 0 Å². The molecule has 5 aliphatic carbocycles. The van der Waals surface area contributed by atoms with Crippen LogP contribution < -0.4 is 0 Å². The Morgan fingerprint density at radius 2 is 1.82 bits per heavy atom. The highest BCUT2D eigenvalue weighted by Gasteiger charge is 2.67. The molecule has 0 aromatic carbocycles. The maximum Gasteiger partial charge on any atom is 0.230 e. The van der Waals surface area contributed by atoms with Gasteiger partial charge in [0.15, 0.2) is 17.4 Å². The molecule has 0 spiro atoms. The monoisotopic (exact) mass is 529 g/mol. The standard InChI is InChI=1S/C33H43N3O3/c1-9-26-35-29(39-36-26)21-16-30(3,4)15-20-19(21)10-12-33(7)27(20)24(37)14-25-31(5)17-23(34-8)28(38)18(2)22(31)11-13-32(25,33)6/h14,17-22,27H,9-13,15-16H2,1-7H3/t18-,19?,20+,21+,22-,27-,31-,32+,33+/m0/s1. The number of hydrogen-bond acceptors (Lipinski definition) is 5. The van der Waals surface area contributed by atoms with Gasteiger partial charge in [-0.15, -0.1) is 0 Å². The lowest BCUT2D eigenvalue weighted by Crippen LogP contribution is -2.62. The minimum atomic E-state index is -0.449. The summed E-state index contributed by atoms with van der Waals surface area (Å²) in [6.45, 7) is 23.4.